The summed E-state index contributed by atoms with van der Waals surface area (Å²) in [7, 11) is 3.46. The molecular formula is C17H19N7O2. The highest BCUT2D eigenvalue weighted by atomic mass is 16.2. The minimum Gasteiger partial charge on any atom is -0.346 e. The van der Waals surface area contributed by atoms with Crippen LogP contribution in [-0.2, 0) is 19.6 Å². The summed E-state index contributed by atoms with van der Waals surface area (Å²) >= 11 is 0. The fourth-order valence-electron chi connectivity index (χ4n) is 2.73. The lowest BCUT2D eigenvalue weighted by Crippen LogP contribution is -2.43. The second-order valence-corrected chi connectivity index (χ2v) is 6.18. The van der Waals surface area contributed by atoms with Gasteiger partial charge in [0.05, 0.1) is 36.6 Å². The van der Waals surface area contributed by atoms with E-state index in [9.17, 15) is 9.59 Å². The van der Waals surface area contributed by atoms with Gasteiger partial charge in [0, 0.05) is 26.8 Å². The Morgan fingerprint density at radius 3 is 2.81 bits per heavy atom. The average Bonchev–Trinajstić information content (AvgIpc) is 3.07. The van der Waals surface area contributed by atoms with Crippen molar-refractivity contribution >= 4 is 11.9 Å². The van der Waals surface area contributed by atoms with Gasteiger partial charge in [-0.25, -0.2) is 9.78 Å². The standard InChI is InChI=1S/C17H19N7O2/c1-22(2)17(26)23-5-6-24-15(11-23)7-14(21-24)10-20-16(25)12-3-4-13(8-18)19-9-12/h3-4,7,9H,5-6,10-11H2,1-2H3,(H,20,25). The van der Waals surface area contributed by atoms with E-state index in [0.29, 0.717) is 25.2 Å². The van der Waals surface area contributed by atoms with Crippen molar-refractivity contribution < 1.29 is 9.59 Å². The predicted molar refractivity (Wildman–Crippen MR) is 91.8 cm³/mol. The van der Waals surface area contributed by atoms with Gasteiger partial charge in [-0.05, 0) is 18.2 Å². The Hall–Kier alpha value is -3.41. The molecule has 0 aromatic carbocycles. The van der Waals surface area contributed by atoms with Gasteiger partial charge in [0.25, 0.3) is 5.91 Å². The molecule has 26 heavy (non-hydrogen) atoms. The largest absolute Gasteiger partial charge is 0.346 e. The molecule has 3 amide bonds. The van der Waals surface area contributed by atoms with E-state index < -0.39 is 0 Å². The molecule has 1 aliphatic heterocycles. The van der Waals surface area contributed by atoms with E-state index in [0.717, 1.165) is 11.4 Å². The summed E-state index contributed by atoms with van der Waals surface area (Å²) in [6.07, 6.45) is 1.37. The number of nitrogens with zero attached hydrogens (tertiary/aromatic N) is 6. The van der Waals surface area contributed by atoms with E-state index in [4.69, 9.17) is 5.26 Å². The lowest BCUT2D eigenvalue weighted by atomic mass is 10.2. The monoisotopic (exact) mass is 353 g/mol. The second kappa shape index (κ2) is 7.23. The highest BCUT2D eigenvalue weighted by molar-refractivity contribution is 5.93. The van der Waals surface area contributed by atoms with Gasteiger partial charge < -0.3 is 15.1 Å². The molecule has 3 heterocycles. The van der Waals surface area contributed by atoms with E-state index in [1.54, 1.807) is 30.0 Å². The molecule has 2 aromatic rings. The topological polar surface area (TPSA) is 107 Å². The van der Waals surface area contributed by atoms with Crippen molar-refractivity contribution in [1.29, 1.82) is 5.26 Å². The molecule has 0 saturated carbocycles. The van der Waals surface area contributed by atoms with Crippen molar-refractivity contribution in [2.24, 2.45) is 0 Å². The second-order valence-electron chi connectivity index (χ2n) is 6.18. The summed E-state index contributed by atoms with van der Waals surface area (Å²) in [5.74, 6) is -0.280. The van der Waals surface area contributed by atoms with Crippen LogP contribution in [-0.4, -0.2) is 57.1 Å². The van der Waals surface area contributed by atoms with Crippen molar-refractivity contribution in [2.75, 3.05) is 20.6 Å². The molecule has 0 saturated heterocycles. The van der Waals surface area contributed by atoms with Crippen molar-refractivity contribution in [3.63, 3.8) is 0 Å². The van der Waals surface area contributed by atoms with E-state index >= 15 is 0 Å². The van der Waals surface area contributed by atoms with Crippen LogP contribution >= 0.6 is 0 Å². The van der Waals surface area contributed by atoms with Gasteiger partial charge in [-0.15, -0.1) is 0 Å². The third kappa shape index (κ3) is 3.64. The fraction of sp³-hybridized carbons (Fsp3) is 0.353. The van der Waals surface area contributed by atoms with Crippen LogP contribution in [0.5, 0.6) is 0 Å². The fourth-order valence-corrected chi connectivity index (χ4v) is 2.73. The molecule has 134 valence electrons. The summed E-state index contributed by atoms with van der Waals surface area (Å²) in [6.45, 7) is 2.01. The highest BCUT2D eigenvalue weighted by Crippen LogP contribution is 2.15. The maximum Gasteiger partial charge on any atom is 0.319 e. The van der Waals surface area contributed by atoms with Crippen molar-refractivity contribution in [3.8, 4) is 6.07 Å². The zero-order valence-electron chi connectivity index (χ0n) is 14.6. The number of aromatic nitrogens is 3. The Balaban J connectivity index is 1.61. The molecular weight excluding hydrogens is 334 g/mol. The summed E-state index contributed by atoms with van der Waals surface area (Å²) in [5, 5.41) is 16.0. The van der Waals surface area contributed by atoms with Crippen molar-refractivity contribution in [1.82, 2.24) is 29.9 Å². The zero-order valence-corrected chi connectivity index (χ0v) is 14.6. The van der Waals surface area contributed by atoms with E-state index in [1.165, 1.54) is 12.3 Å². The maximum atomic E-state index is 12.2. The quantitative estimate of drug-likeness (QED) is 0.868. The van der Waals surface area contributed by atoms with Crippen LogP contribution in [0.3, 0.4) is 0 Å². The molecule has 9 nitrogen and oxygen atoms in total. The van der Waals surface area contributed by atoms with E-state index in [2.05, 4.69) is 15.4 Å². The van der Waals surface area contributed by atoms with Crippen LogP contribution in [0.2, 0.25) is 0 Å². The molecule has 0 unspecified atom stereocenters. The number of nitriles is 1. The number of nitrogens with one attached hydrogen (secondary N) is 1. The Kier molecular flexibility index (Phi) is 4.84. The van der Waals surface area contributed by atoms with Gasteiger partial charge in [0.2, 0.25) is 0 Å². The number of fused-ring (bicyclic) bond motifs is 1. The summed E-state index contributed by atoms with van der Waals surface area (Å²) < 4.78 is 1.87. The normalized spacial score (nSPS) is 12.9. The Morgan fingerprint density at radius 2 is 2.15 bits per heavy atom. The first kappa shape index (κ1) is 17.4. The van der Waals surface area contributed by atoms with Gasteiger partial charge in [-0.2, -0.15) is 10.4 Å². The molecule has 0 radical (unpaired) electrons. The number of pyridine rings is 1. The van der Waals surface area contributed by atoms with Gasteiger partial charge in [-0.1, -0.05) is 0 Å². The van der Waals surface area contributed by atoms with Crippen LogP contribution in [0, 0.1) is 11.3 Å². The lowest BCUT2D eigenvalue weighted by Gasteiger charge is -2.29. The molecule has 0 atom stereocenters. The van der Waals surface area contributed by atoms with E-state index in [-0.39, 0.29) is 24.2 Å². The Bertz CT molecular complexity index is 864. The van der Waals surface area contributed by atoms with Gasteiger partial charge in [0.15, 0.2) is 0 Å². The Labute approximate surface area is 150 Å². The first-order chi connectivity index (χ1) is 12.5. The maximum absolute atomic E-state index is 12.2. The molecule has 2 aromatic heterocycles. The predicted octanol–water partition coefficient (Wildman–Crippen LogP) is 0.577. The van der Waals surface area contributed by atoms with Crippen LogP contribution in [0.4, 0.5) is 4.79 Å². The number of amides is 3. The highest BCUT2D eigenvalue weighted by Gasteiger charge is 2.23. The SMILES string of the molecule is CN(C)C(=O)N1CCn2nc(CNC(=O)c3ccc(C#N)nc3)cc2C1. The number of hydrogen-bond donors (Lipinski definition) is 1. The van der Waals surface area contributed by atoms with Gasteiger partial charge in [-0.3, -0.25) is 9.48 Å². The molecule has 0 bridgehead atoms. The molecule has 0 fully saturated rings. The third-order valence-corrected chi connectivity index (χ3v) is 4.07. The molecule has 1 aliphatic rings. The van der Waals surface area contributed by atoms with Crippen molar-refractivity contribution in [2.45, 2.75) is 19.6 Å². The first-order valence-corrected chi connectivity index (χ1v) is 8.14. The van der Waals surface area contributed by atoms with Crippen LogP contribution < -0.4 is 5.32 Å². The number of rotatable bonds is 3. The smallest absolute Gasteiger partial charge is 0.319 e. The zero-order chi connectivity index (χ0) is 18.7. The minimum atomic E-state index is -0.280. The van der Waals surface area contributed by atoms with Crippen LogP contribution in [0.1, 0.15) is 27.4 Å². The number of urea groups is 1. The van der Waals surface area contributed by atoms with Crippen LogP contribution in [0.25, 0.3) is 0 Å². The van der Waals surface area contributed by atoms with E-state index in [1.807, 2.05) is 16.8 Å². The number of hydrogen-bond acceptors (Lipinski definition) is 5. The van der Waals surface area contributed by atoms with Gasteiger partial charge in [0.1, 0.15) is 11.8 Å². The van der Waals surface area contributed by atoms with Crippen LogP contribution in [0.15, 0.2) is 24.4 Å². The lowest BCUT2D eigenvalue weighted by molar-refractivity contribution is 0.0950. The van der Waals surface area contributed by atoms with Gasteiger partial charge >= 0.3 is 6.03 Å². The average molecular weight is 353 g/mol. The summed E-state index contributed by atoms with van der Waals surface area (Å²) in [6, 6.07) is 6.84. The first-order valence-electron chi connectivity index (χ1n) is 8.14. The molecule has 1 N–H and O–H groups in total. The van der Waals surface area contributed by atoms with Crippen molar-refractivity contribution in [3.05, 3.63) is 47.0 Å². The molecule has 9 heteroatoms. The number of carbonyl (C=O) groups excluding carboxylic acids is 2. The summed E-state index contributed by atoms with van der Waals surface area (Å²) in [5.41, 5.74) is 2.32. The number of carbonyl (C=O) groups is 2. The Morgan fingerprint density at radius 1 is 1.35 bits per heavy atom. The molecule has 0 aliphatic carbocycles. The molecule has 3 rings (SSSR count). The summed E-state index contributed by atoms with van der Waals surface area (Å²) in [4.78, 5) is 31.4. The minimum absolute atomic E-state index is 0.0272. The third-order valence-electron chi connectivity index (χ3n) is 4.07. The molecule has 0 spiro atoms.